The molecule has 0 fully saturated rings. The van der Waals surface area contributed by atoms with E-state index in [1.54, 1.807) is 0 Å². The Kier molecular flexibility index (Phi) is 4.93. The maximum atomic E-state index is 11.9. The fourth-order valence-electron chi connectivity index (χ4n) is 2.05. The number of carbonyl (C=O) groups excluding carboxylic acids is 1. The van der Waals surface area contributed by atoms with Crippen molar-refractivity contribution >= 4 is 11.6 Å². The maximum Gasteiger partial charge on any atom is 0.328 e. The van der Waals surface area contributed by atoms with Gasteiger partial charge in [-0.25, -0.2) is 4.79 Å². The topological polar surface area (TPSA) is 84.0 Å². The van der Waals surface area contributed by atoms with Crippen LogP contribution in [0.25, 0.3) is 0 Å². The molecular formula is C16H19N3O3. The third-order valence-electron chi connectivity index (χ3n) is 3.59. The molecule has 1 amide bonds. The SMILES string of the molecule is CC[C@H](C)c1ccc(NC(=O)Cn2ccc(=O)[nH]c2=O)cc1. The van der Waals surface area contributed by atoms with E-state index in [-0.39, 0.29) is 12.5 Å². The molecule has 0 spiro atoms. The van der Waals surface area contributed by atoms with Crippen LogP contribution in [0.5, 0.6) is 0 Å². The molecule has 22 heavy (non-hydrogen) atoms. The number of benzene rings is 1. The summed E-state index contributed by atoms with van der Waals surface area (Å²) in [5.74, 6) is 0.148. The largest absolute Gasteiger partial charge is 0.328 e. The van der Waals surface area contributed by atoms with Gasteiger partial charge in [-0.1, -0.05) is 26.0 Å². The standard InChI is InChI=1S/C16H19N3O3/c1-3-11(2)12-4-6-13(7-5-12)17-15(21)10-19-9-8-14(20)18-16(19)22/h4-9,11H,3,10H2,1-2H3,(H,17,21)(H,18,20,22)/t11-/m0/s1. The quantitative estimate of drug-likeness (QED) is 0.881. The molecule has 0 aliphatic rings. The monoisotopic (exact) mass is 301 g/mol. The van der Waals surface area contributed by atoms with Gasteiger partial charge in [0.05, 0.1) is 0 Å². The van der Waals surface area contributed by atoms with Crippen LogP contribution >= 0.6 is 0 Å². The van der Waals surface area contributed by atoms with Gasteiger partial charge in [0.15, 0.2) is 0 Å². The number of nitrogens with zero attached hydrogens (tertiary/aromatic N) is 1. The Hall–Kier alpha value is -2.63. The summed E-state index contributed by atoms with van der Waals surface area (Å²) in [6, 6.07) is 8.85. The van der Waals surface area contributed by atoms with E-state index in [0.717, 1.165) is 11.0 Å². The van der Waals surface area contributed by atoms with E-state index < -0.39 is 11.2 Å². The Balaban J connectivity index is 2.03. The Morgan fingerprint density at radius 3 is 2.50 bits per heavy atom. The first-order chi connectivity index (χ1) is 10.5. The van der Waals surface area contributed by atoms with Crippen LogP contribution in [0.2, 0.25) is 0 Å². The number of rotatable bonds is 5. The maximum absolute atomic E-state index is 11.9. The van der Waals surface area contributed by atoms with Crippen molar-refractivity contribution in [1.29, 1.82) is 0 Å². The summed E-state index contributed by atoms with van der Waals surface area (Å²) >= 11 is 0. The van der Waals surface area contributed by atoms with Gasteiger partial charge in [0.25, 0.3) is 5.56 Å². The normalized spacial score (nSPS) is 11.9. The van der Waals surface area contributed by atoms with Gasteiger partial charge in [-0.3, -0.25) is 19.1 Å². The van der Waals surface area contributed by atoms with Crippen LogP contribution in [0.3, 0.4) is 0 Å². The first-order valence-electron chi connectivity index (χ1n) is 7.19. The second kappa shape index (κ2) is 6.89. The number of carbonyl (C=O) groups is 1. The molecule has 2 rings (SSSR count). The van der Waals surface area contributed by atoms with E-state index in [0.29, 0.717) is 11.6 Å². The molecule has 0 aliphatic carbocycles. The lowest BCUT2D eigenvalue weighted by atomic mass is 9.99. The number of anilines is 1. The fourth-order valence-corrected chi connectivity index (χ4v) is 2.05. The molecular weight excluding hydrogens is 282 g/mol. The van der Waals surface area contributed by atoms with Crippen LogP contribution in [0, 0.1) is 0 Å². The first kappa shape index (κ1) is 15.8. The van der Waals surface area contributed by atoms with Crippen LogP contribution < -0.4 is 16.6 Å². The van der Waals surface area contributed by atoms with Crippen molar-refractivity contribution < 1.29 is 4.79 Å². The molecule has 1 heterocycles. The molecule has 0 radical (unpaired) electrons. The number of nitrogens with one attached hydrogen (secondary N) is 2. The minimum Gasteiger partial charge on any atom is -0.325 e. The van der Waals surface area contributed by atoms with Crippen LogP contribution in [-0.4, -0.2) is 15.5 Å². The molecule has 0 saturated heterocycles. The van der Waals surface area contributed by atoms with Gasteiger partial charge in [0, 0.05) is 18.0 Å². The van der Waals surface area contributed by atoms with Gasteiger partial charge in [-0.2, -0.15) is 0 Å². The summed E-state index contributed by atoms with van der Waals surface area (Å²) in [5.41, 5.74) is 0.809. The van der Waals surface area contributed by atoms with Crippen LogP contribution in [0.15, 0.2) is 46.1 Å². The molecule has 116 valence electrons. The molecule has 0 unspecified atom stereocenters. The minimum atomic E-state index is -0.602. The third kappa shape index (κ3) is 3.94. The van der Waals surface area contributed by atoms with Crippen LogP contribution in [-0.2, 0) is 11.3 Å². The second-order valence-corrected chi connectivity index (χ2v) is 5.22. The number of aromatic amines is 1. The van der Waals surface area contributed by atoms with Crippen molar-refractivity contribution in [2.45, 2.75) is 32.7 Å². The summed E-state index contributed by atoms with van der Waals surface area (Å²) in [7, 11) is 0. The van der Waals surface area contributed by atoms with Crippen molar-refractivity contribution in [3.05, 3.63) is 62.9 Å². The van der Waals surface area contributed by atoms with Gasteiger partial charge in [0.1, 0.15) is 6.54 Å². The van der Waals surface area contributed by atoms with Crippen molar-refractivity contribution in [2.24, 2.45) is 0 Å². The van der Waals surface area contributed by atoms with Crippen molar-refractivity contribution in [3.8, 4) is 0 Å². The Bertz CT molecular complexity index is 759. The highest BCUT2D eigenvalue weighted by atomic mass is 16.2. The zero-order valence-electron chi connectivity index (χ0n) is 12.6. The smallest absolute Gasteiger partial charge is 0.325 e. The molecule has 1 aromatic carbocycles. The minimum absolute atomic E-state index is 0.150. The third-order valence-corrected chi connectivity index (χ3v) is 3.59. The highest BCUT2D eigenvalue weighted by Gasteiger charge is 2.07. The van der Waals surface area contributed by atoms with Gasteiger partial charge in [0.2, 0.25) is 5.91 Å². The highest BCUT2D eigenvalue weighted by Crippen LogP contribution is 2.20. The van der Waals surface area contributed by atoms with Crippen LogP contribution in [0.4, 0.5) is 5.69 Å². The van der Waals surface area contributed by atoms with Crippen molar-refractivity contribution in [2.75, 3.05) is 5.32 Å². The zero-order valence-corrected chi connectivity index (χ0v) is 12.6. The summed E-state index contributed by atoms with van der Waals surface area (Å²) in [4.78, 5) is 36.5. The Morgan fingerprint density at radius 1 is 1.23 bits per heavy atom. The molecule has 2 N–H and O–H groups in total. The lowest BCUT2D eigenvalue weighted by Crippen LogP contribution is -2.32. The van der Waals surface area contributed by atoms with E-state index in [2.05, 4.69) is 24.1 Å². The molecule has 1 atom stereocenters. The van der Waals surface area contributed by atoms with E-state index in [9.17, 15) is 14.4 Å². The van der Waals surface area contributed by atoms with Gasteiger partial charge in [-0.15, -0.1) is 0 Å². The summed E-state index contributed by atoms with van der Waals surface area (Å²) in [6.07, 6.45) is 2.35. The lowest BCUT2D eigenvalue weighted by molar-refractivity contribution is -0.116. The Morgan fingerprint density at radius 2 is 1.91 bits per heavy atom. The molecule has 0 aliphatic heterocycles. The number of amides is 1. The highest BCUT2D eigenvalue weighted by molar-refractivity contribution is 5.90. The van der Waals surface area contributed by atoms with E-state index >= 15 is 0 Å². The van der Waals surface area contributed by atoms with Crippen molar-refractivity contribution in [1.82, 2.24) is 9.55 Å². The fraction of sp³-hybridized carbons (Fsp3) is 0.312. The van der Waals surface area contributed by atoms with E-state index in [1.807, 2.05) is 24.3 Å². The molecule has 2 aromatic rings. The summed E-state index contributed by atoms with van der Waals surface area (Å²) in [5, 5.41) is 2.73. The van der Waals surface area contributed by atoms with E-state index in [1.165, 1.54) is 17.8 Å². The first-order valence-corrected chi connectivity index (χ1v) is 7.19. The summed E-state index contributed by atoms with van der Waals surface area (Å²) in [6.45, 7) is 4.13. The molecule has 6 nitrogen and oxygen atoms in total. The van der Waals surface area contributed by atoms with Crippen LogP contribution in [0.1, 0.15) is 31.7 Å². The number of hydrogen-bond acceptors (Lipinski definition) is 3. The predicted octanol–water partition coefficient (Wildman–Crippen LogP) is 1.69. The molecule has 1 aromatic heterocycles. The summed E-state index contributed by atoms with van der Waals surface area (Å²) < 4.78 is 1.14. The average molecular weight is 301 g/mol. The predicted molar refractivity (Wildman–Crippen MR) is 85.1 cm³/mol. The van der Waals surface area contributed by atoms with Gasteiger partial charge < -0.3 is 5.32 Å². The van der Waals surface area contributed by atoms with Gasteiger partial charge >= 0.3 is 5.69 Å². The molecule has 0 saturated carbocycles. The number of hydrogen-bond donors (Lipinski definition) is 2. The lowest BCUT2D eigenvalue weighted by Gasteiger charge is -2.11. The molecule has 0 bridgehead atoms. The molecule has 6 heteroatoms. The number of H-pyrrole nitrogens is 1. The van der Waals surface area contributed by atoms with Gasteiger partial charge in [-0.05, 0) is 30.0 Å². The Labute approximate surface area is 127 Å². The average Bonchev–Trinajstić information content (AvgIpc) is 2.50. The van der Waals surface area contributed by atoms with E-state index in [4.69, 9.17) is 0 Å². The second-order valence-electron chi connectivity index (χ2n) is 5.22. The van der Waals surface area contributed by atoms with Crippen molar-refractivity contribution in [3.63, 3.8) is 0 Å². The number of aromatic nitrogens is 2. The zero-order chi connectivity index (χ0) is 16.1.